The highest BCUT2D eigenvalue weighted by Crippen LogP contribution is 2.13. The van der Waals surface area contributed by atoms with Gasteiger partial charge in [-0.1, -0.05) is 31.9 Å². The molecule has 1 rings (SSSR count). The van der Waals surface area contributed by atoms with Crippen LogP contribution in [0.4, 0.5) is 0 Å². The number of unbranched alkanes of at least 4 members (excludes halogenated alkanes) is 3. The van der Waals surface area contributed by atoms with Gasteiger partial charge in [0.15, 0.2) is 0 Å². The van der Waals surface area contributed by atoms with Gasteiger partial charge in [0.05, 0.1) is 12.7 Å². The van der Waals surface area contributed by atoms with Crippen LogP contribution in [0.1, 0.15) is 39.0 Å². The smallest absolute Gasteiger partial charge is 0.0844 e. The van der Waals surface area contributed by atoms with E-state index in [9.17, 15) is 0 Å². The average molecular weight is 154 g/mol. The number of hydrogen-bond acceptors (Lipinski definition) is 1. The lowest BCUT2D eigenvalue weighted by molar-refractivity contribution is 0.410. The molecule has 0 aliphatic carbocycles. The largest absolute Gasteiger partial charge is 0.373 e. The summed E-state index contributed by atoms with van der Waals surface area (Å²) >= 11 is 0. The summed E-state index contributed by atoms with van der Waals surface area (Å²) in [4.78, 5) is 0. The Bertz CT molecular complexity index is 114. The molecule has 11 heavy (non-hydrogen) atoms. The molecule has 0 aromatic rings. The monoisotopic (exact) mass is 154 g/mol. The van der Waals surface area contributed by atoms with Gasteiger partial charge in [-0.15, -0.1) is 0 Å². The molecule has 1 aliphatic heterocycles. The minimum Gasteiger partial charge on any atom is -0.373 e. The second-order valence-electron chi connectivity index (χ2n) is 3.16. The van der Waals surface area contributed by atoms with Gasteiger partial charge < -0.3 is 4.74 Å². The third-order valence-corrected chi connectivity index (χ3v) is 1.94. The molecule has 1 aliphatic rings. The average Bonchev–Trinajstić information content (AvgIpc) is 2.80. The summed E-state index contributed by atoms with van der Waals surface area (Å²) in [7, 11) is 0. The normalized spacial score (nSPS) is 22.8. The topological polar surface area (TPSA) is 12.5 Å². The summed E-state index contributed by atoms with van der Waals surface area (Å²) in [5.74, 6) is 0. The van der Waals surface area contributed by atoms with Gasteiger partial charge in [0.1, 0.15) is 0 Å². The first-order chi connectivity index (χ1) is 5.43. The Labute approximate surface area is 69.4 Å². The fraction of sp³-hybridized carbons (Fsp3) is 0.800. The molecule has 0 unspecified atom stereocenters. The first kappa shape index (κ1) is 8.79. The second kappa shape index (κ2) is 5.36. The van der Waals surface area contributed by atoms with Gasteiger partial charge in [0, 0.05) is 0 Å². The van der Waals surface area contributed by atoms with Gasteiger partial charge in [0.2, 0.25) is 0 Å². The van der Waals surface area contributed by atoms with Crippen LogP contribution in [0.3, 0.4) is 0 Å². The van der Waals surface area contributed by atoms with Crippen LogP contribution in [-0.2, 0) is 4.74 Å². The summed E-state index contributed by atoms with van der Waals surface area (Å²) in [5.41, 5.74) is 0. The van der Waals surface area contributed by atoms with Crippen molar-refractivity contribution in [3.8, 4) is 0 Å². The molecule has 0 amide bonds. The lowest BCUT2D eigenvalue weighted by Gasteiger charge is -1.90. The van der Waals surface area contributed by atoms with Crippen molar-refractivity contribution in [2.75, 3.05) is 6.61 Å². The Hall–Kier alpha value is -0.300. The van der Waals surface area contributed by atoms with Crippen LogP contribution in [-0.4, -0.2) is 12.7 Å². The van der Waals surface area contributed by atoms with E-state index in [0.717, 1.165) is 13.0 Å². The van der Waals surface area contributed by atoms with Crippen LogP contribution in [0, 0.1) is 0 Å². The quantitative estimate of drug-likeness (QED) is 0.325. The molecule has 0 N–H and O–H groups in total. The Morgan fingerprint density at radius 3 is 2.82 bits per heavy atom. The molecule has 1 heteroatoms. The van der Waals surface area contributed by atoms with Crippen molar-refractivity contribution >= 4 is 0 Å². The van der Waals surface area contributed by atoms with Crippen LogP contribution in [0.5, 0.6) is 0 Å². The van der Waals surface area contributed by atoms with Gasteiger partial charge in [-0.25, -0.2) is 0 Å². The first-order valence-electron chi connectivity index (χ1n) is 4.70. The summed E-state index contributed by atoms with van der Waals surface area (Å²) in [5, 5.41) is 0. The van der Waals surface area contributed by atoms with Gasteiger partial charge in [-0.2, -0.15) is 0 Å². The molecule has 64 valence electrons. The van der Waals surface area contributed by atoms with Crippen molar-refractivity contribution in [1.29, 1.82) is 0 Å². The minimum atomic E-state index is 0.567. The number of allylic oxidation sites excluding steroid dienone is 1. The summed E-state index contributed by atoms with van der Waals surface area (Å²) in [6.45, 7) is 3.22. The predicted octanol–water partition coefficient (Wildman–Crippen LogP) is 2.91. The molecule has 1 atom stereocenters. The van der Waals surface area contributed by atoms with Crippen molar-refractivity contribution < 1.29 is 4.74 Å². The van der Waals surface area contributed by atoms with Gasteiger partial charge >= 0.3 is 0 Å². The number of epoxide rings is 1. The molecule has 1 saturated heterocycles. The minimum absolute atomic E-state index is 0.567. The Balaban J connectivity index is 1.80. The van der Waals surface area contributed by atoms with E-state index in [2.05, 4.69) is 19.1 Å². The fourth-order valence-electron chi connectivity index (χ4n) is 1.08. The van der Waals surface area contributed by atoms with E-state index in [1.807, 2.05) is 0 Å². The zero-order valence-corrected chi connectivity index (χ0v) is 7.38. The highest BCUT2D eigenvalue weighted by molar-refractivity contribution is 4.87. The van der Waals surface area contributed by atoms with Gasteiger partial charge in [0.25, 0.3) is 0 Å². The molecular weight excluding hydrogens is 136 g/mol. The standard InChI is InChI=1S/C10H18O/c1-2-3-4-5-6-7-8-10-9-11-10/h6-7,10H,2-5,8-9H2,1H3/b7-6-/t10-/m0/s1. The summed E-state index contributed by atoms with van der Waals surface area (Å²) in [6, 6.07) is 0. The van der Waals surface area contributed by atoms with Crippen LogP contribution >= 0.6 is 0 Å². The first-order valence-corrected chi connectivity index (χ1v) is 4.70. The molecule has 0 aromatic heterocycles. The molecule has 0 bridgehead atoms. The molecule has 0 aromatic carbocycles. The third kappa shape index (κ3) is 5.02. The molecular formula is C10H18O. The molecule has 1 nitrogen and oxygen atoms in total. The number of hydrogen-bond donors (Lipinski definition) is 0. The van der Waals surface area contributed by atoms with Crippen molar-refractivity contribution in [3.05, 3.63) is 12.2 Å². The van der Waals surface area contributed by atoms with E-state index in [0.29, 0.717) is 6.10 Å². The van der Waals surface area contributed by atoms with E-state index in [4.69, 9.17) is 4.74 Å². The van der Waals surface area contributed by atoms with E-state index in [1.165, 1.54) is 25.7 Å². The number of ether oxygens (including phenoxy) is 1. The maximum Gasteiger partial charge on any atom is 0.0844 e. The van der Waals surface area contributed by atoms with Crippen molar-refractivity contribution in [2.45, 2.75) is 45.1 Å². The molecule has 1 fully saturated rings. The van der Waals surface area contributed by atoms with Crippen LogP contribution in [0.2, 0.25) is 0 Å². The molecule has 1 heterocycles. The van der Waals surface area contributed by atoms with Crippen LogP contribution in [0.25, 0.3) is 0 Å². The van der Waals surface area contributed by atoms with E-state index < -0.39 is 0 Å². The Morgan fingerprint density at radius 1 is 1.36 bits per heavy atom. The summed E-state index contributed by atoms with van der Waals surface area (Å²) < 4.78 is 5.08. The lowest BCUT2D eigenvalue weighted by atomic mass is 10.2. The predicted molar refractivity (Wildman–Crippen MR) is 47.6 cm³/mol. The van der Waals surface area contributed by atoms with Crippen LogP contribution < -0.4 is 0 Å². The van der Waals surface area contributed by atoms with Crippen molar-refractivity contribution in [3.63, 3.8) is 0 Å². The highest BCUT2D eigenvalue weighted by atomic mass is 16.6. The van der Waals surface area contributed by atoms with Crippen molar-refractivity contribution in [2.24, 2.45) is 0 Å². The van der Waals surface area contributed by atoms with Crippen LogP contribution in [0.15, 0.2) is 12.2 Å². The molecule has 0 radical (unpaired) electrons. The SMILES string of the molecule is CCCCC/C=C\C[C@H]1CO1. The Kier molecular flexibility index (Phi) is 4.29. The van der Waals surface area contributed by atoms with E-state index in [1.54, 1.807) is 0 Å². The summed E-state index contributed by atoms with van der Waals surface area (Å²) in [6.07, 6.45) is 11.5. The Morgan fingerprint density at radius 2 is 2.18 bits per heavy atom. The van der Waals surface area contributed by atoms with Crippen molar-refractivity contribution in [1.82, 2.24) is 0 Å². The highest BCUT2D eigenvalue weighted by Gasteiger charge is 2.19. The van der Waals surface area contributed by atoms with E-state index >= 15 is 0 Å². The zero-order chi connectivity index (χ0) is 7.94. The zero-order valence-electron chi connectivity index (χ0n) is 7.38. The second-order valence-corrected chi connectivity index (χ2v) is 3.16. The third-order valence-electron chi connectivity index (χ3n) is 1.94. The molecule has 0 spiro atoms. The molecule has 0 saturated carbocycles. The fourth-order valence-corrected chi connectivity index (χ4v) is 1.08. The maximum absolute atomic E-state index is 5.08. The van der Waals surface area contributed by atoms with E-state index in [-0.39, 0.29) is 0 Å². The lowest BCUT2D eigenvalue weighted by Crippen LogP contribution is -1.78. The maximum atomic E-state index is 5.08. The van der Waals surface area contributed by atoms with Gasteiger partial charge in [-0.05, 0) is 19.3 Å². The number of rotatable bonds is 6. The van der Waals surface area contributed by atoms with Gasteiger partial charge in [-0.3, -0.25) is 0 Å².